The van der Waals surface area contributed by atoms with Crippen LogP contribution in [0.2, 0.25) is 0 Å². The van der Waals surface area contributed by atoms with Crippen LogP contribution in [0.3, 0.4) is 0 Å². The summed E-state index contributed by atoms with van der Waals surface area (Å²) in [5, 5.41) is 5.91. The topological polar surface area (TPSA) is 59.6 Å². The van der Waals surface area contributed by atoms with Gasteiger partial charge in [0.1, 0.15) is 0 Å². The molecule has 0 atom stereocenters. The number of rotatable bonds is 12. The van der Waals surface area contributed by atoms with Crippen molar-refractivity contribution in [3.05, 3.63) is 0 Å². The molecule has 0 aromatic carbocycles. The summed E-state index contributed by atoms with van der Waals surface area (Å²) < 4.78 is 10.3. The molecule has 0 heterocycles. The predicted molar refractivity (Wildman–Crippen MR) is 72.6 cm³/mol. The summed E-state index contributed by atoms with van der Waals surface area (Å²) in [6.07, 6.45) is 1.79. The molecule has 0 aromatic rings. The minimum Gasteiger partial charge on any atom is -0.385 e. The molecule has 0 bridgehead atoms. The first-order chi connectivity index (χ1) is 8.66. The van der Waals surface area contributed by atoms with Gasteiger partial charge in [0.05, 0.1) is 6.54 Å². The van der Waals surface area contributed by atoms with E-state index in [0.717, 1.165) is 32.6 Å². The number of methoxy groups -OCH3 is 1. The lowest BCUT2D eigenvalue weighted by Gasteiger charge is -2.08. The van der Waals surface area contributed by atoms with Gasteiger partial charge in [0.2, 0.25) is 5.91 Å². The highest BCUT2D eigenvalue weighted by atomic mass is 16.5. The molecule has 0 aromatic heterocycles. The normalized spacial score (nSPS) is 10.9. The lowest BCUT2D eigenvalue weighted by molar-refractivity contribution is -0.120. The van der Waals surface area contributed by atoms with E-state index in [1.54, 1.807) is 7.11 Å². The molecular weight excluding hydrogens is 232 g/mol. The lowest BCUT2D eigenvalue weighted by atomic mass is 10.2. The summed E-state index contributed by atoms with van der Waals surface area (Å²) in [6.45, 7) is 8.35. The van der Waals surface area contributed by atoms with E-state index in [9.17, 15) is 4.79 Å². The van der Waals surface area contributed by atoms with E-state index < -0.39 is 0 Å². The Kier molecular flexibility index (Phi) is 12.3. The second kappa shape index (κ2) is 12.8. The average molecular weight is 260 g/mol. The third-order valence-electron chi connectivity index (χ3n) is 2.23. The Morgan fingerprint density at radius 2 is 1.89 bits per heavy atom. The van der Waals surface area contributed by atoms with E-state index in [0.29, 0.717) is 25.6 Å². The molecule has 1 amide bonds. The maximum atomic E-state index is 11.3. The van der Waals surface area contributed by atoms with Crippen molar-refractivity contribution in [1.29, 1.82) is 0 Å². The number of carbonyl (C=O) groups is 1. The molecule has 0 spiro atoms. The number of nitrogens with one attached hydrogen (secondary N) is 2. The van der Waals surface area contributed by atoms with Crippen LogP contribution >= 0.6 is 0 Å². The highest BCUT2D eigenvalue weighted by molar-refractivity contribution is 5.77. The first-order valence-electron chi connectivity index (χ1n) is 6.71. The third kappa shape index (κ3) is 13.4. The van der Waals surface area contributed by atoms with Gasteiger partial charge < -0.3 is 20.1 Å². The van der Waals surface area contributed by atoms with E-state index in [1.165, 1.54) is 0 Å². The van der Waals surface area contributed by atoms with Gasteiger partial charge >= 0.3 is 0 Å². The molecule has 18 heavy (non-hydrogen) atoms. The summed E-state index contributed by atoms with van der Waals surface area (Å²) in [7, 11) is 1.66. The molecule has 0 aliphatic carbocycles. The van der Waals surface area contributed by atoms with Crippen LogP contribution in [0.1, 0.15) is 26.7 Å². The fourth-order valence-corrected chi connectivity index (χ4v) is 1.33. The van der Waals surface area contributed by atoms with Crippen LogP contribution in [0.5, 0.6) is 0 Å². The number of amides is 1. The maximum Gasteiger partial charge on any atom is 0.233 e. The average Bonchev–Trinajstić information content (AvgIpc) is 2.33. The molecule has 0 unspecified atom stereocenters. The maximum absolute atomic E-state index is 11.3. The highest BCUT2D eigenvalue weighted by Gasteiger charge is 1.99. The van der Waals surface area contributed by atoms with Gasteiger partial charge in [0.25, 0.3) is 0 Å². The van der Waals surface area contributed by atoms with Crippen LogP contribution in [0, 0.1) is 5.92 Å². The number of ether oxygens (including phenoxy) is 2. The molecule has 0 radical (unpaired) electrons. The van der Waals surface area contributed by atoms with E-state index in [2.05, 4.69) is 24.5 Å². The molecule has 0 aliphatic heterocycles. The zero-order valence-corrected chi connectivity index (χ0v) is 12.0. The minimum absolute atomic E-state index is 0.0363. The fraction of sp³-hybridized carbons (Fsp3) is 0.923. The fourth-order valence-electron chi connectivity index (χ4n) is 1.33. The number of hydrogen-bond donors (Lipinski definition) is 2. The molecule has 2 N–H and O–H groups in total. The molecule has 0 aliphatic rings. The van der Waals surface area contributed by atoms with Crippen molar-refractivity contribution in [1.82, 2.24) is 10.6 Å². The van der Waals surface area contributed by atoms with Crippen LogP contribution in [-0.4, -0.2) is 52.5 Å². The first kappa shape index (κ1) is 17.4. The van der Waals surface area contributed by atoms with Crippen LogP contribution in [0.15, 0.2) is 0 Å². The van der Waals surface area contributed by atoms with Gasteiger partial charge in [-0.2, -0.15) is 0 Å². The third-order valence-corrected chi connectivity index (χ3v) is 2.23. The minimum atomic E-state index is 0.0363. The van der Waals surface area contributed by atoms with Crippen molar-refractivity contribution in [2.24, 2.45) is 5.92 Å². The van der Waals surface area contributed by atoms with Crippen molar-refractivity contribution < 1.29 is 14.3 Å². The zero-order valence-electron chi connectivity index (χ0n) is 12.0. The first-order valence-corrected chi connectivity index (χ1v) is 6.71. The molecule has 0 saturated carbocycles. The van der Waals surface area contributed by atoms with Crippen molar-refractivity contribution in [2.75, 3.05) is 46.6 Å². The van der Waals surface area contributed by atoms with Gasteiger partial charge in [-0.1, -0.05) is 13.8 Å². The molecule has 5 nitrogen and oxygen atoms in total. The van der Waals surface area contributed by atoms with Crippen LogP contribution in [0.4, 0.5) is 0 Å². The van der Waals surface area contributed by atoms with Crippen molar-refractivity contribution in [3.63, 3.8) is 0 Å². The summed E-state index contributed by atoms with van der Waals surface area (Å²) >= 11 is 0. The SMILES string of the molecule is COCCCNC(=O)CNCCCOCC(C)C. The van der Waals surface area contributed by atoms with Gasteiger partial charge in [-0.3, -0.25) is 4.79 Å². The second-order valence-corrected chi connectivity index (χ2v) is 4.70. The van der Waals surface area contributed by atoms with Crippen molar-refractivity contribution in [3.8, 4) is 0 Å². The highest BCUT2D eigenvalue weighted by Crippen LogP contribution is 1.92. The lowest BCUT2D eigenvalue weighted by Crippen LogP contribution is -2.35. The van der Waals surface area contributed by atoms with E-state index in [1.807, 2.05) is 0 Å². The van der Waals surface area contributed by atoms with Gasteiger partial charge in [0.15, 0.2) is 0 Å². The Hall–Kier alpha value is -0.650. The molecule has 0 rings (SSSR count). The monoisotopic (exact) mass is 260 g/mol. The summed E-state index contributed by atoms with van der Waals surface area (Å²) in [6, 6.07) is 0. The van der Waals surface area contributed by atoms with Gasteiger partial charge in [-0.25, -0.2) is 0 Å². The Morgan fingerprint density at radius 1 is 1.17 bits per heavy atom. The molecule has 0 saturated heterocycles. The number of carbonyl (C=O) groups excluding carboxylic acids is 1. The molecule has 0 fully saturated rings. The predicted octanol–water partition coefficient (Wildman–Crippen LogP) is 0.791. The van der Waals surface area contributed by atoms with Crippen LogP contribution in [-0.2, 0) is 14.3 Å². The molecule has 108 valence electrons. The Labute approximate surface area is 111 Å². The standard InChI is InChI=1S/C13H28N2O3/c1-12(2)11-18-9-4-6-14-10-13(16)15-7-5-8-17-3/h12,14H,4-11H2,1-3H3,(H,15,16). The largest absolute Gasteiger partial charge is 0.385 e. The van der Waals surface area contributed by atoms with Gasteiger partial charge in [-0.05, 0) is 25.3 Å². The Balaban J connectivity index is 3.15. The zero-order chi connectivity index (χ0) is 13.6. The van der Waals surface area contributed by atoms with Crippen LogP contribution in [0.25, 0.3) is 0 Å². The summed E-state index contributed by atoms with van der Waals surface area (Å²) in [5.74, 6) is 0.616. The van der Waals surface area contributed by atoms with E-state index >= 15 is 0 Å². The smallest absolute Gasteiger partial charge is 0.233 e. The van der Waals surface area contributed by atoms with Crippen molar-refractivity contribution >= 4 is 5.91 Å². The number of hydrogen-bond acceptors (Lipinski definition) is 4. The summed E-state index contributed by atoms with van der Waals surface area (Å²) in [4.78, 5) is 11.3. The Morgan fingerprint density at radius 3 is 2.56 bits per heavy atom. The molecule has 5 heteroatoms. The van der Waals surface area contributed by atoms with E-state index in [-0.39, 0.29) is 5.91 Å². The van der Waals surface area contributed by atoms with Crippen molar-refractivity contribution in [2.45, 2.75) is 26.7 Å². The van der Waals surface area contributed by atoms with E-state index in [4.69, 9.17) is 9.47 Å². The van der Waals surface area contributed by atoms with Crippen LogP contribution < -0.4 is 10.6 Å². The quantitative estimate of drug-likeness (QED) is 0.509. The Bertz CT molecular complexity index is 199. The van der Waals surface area contributed by atoms with Gasteiger partial charge in [0, 0.05) is 33.5 Å². The summed E-state index contributed by atoms with van der Waals surface area (Å²) in [5.41, 5.74) is 0. The molecular formula is C13H28N2O3. The van der Waals surface area contributed by atoms with Gasteiger partial charge in [-0.15, -0.1) is 0 Å². The second-order valence-electron chi connectivity index (χ2n) is 4.70.